The van der Waals surface area contributed by atoms with E-state index in [0.29, 0.717) is 18.5 Å². The van der Waals surface area contributed by atoms with Crippen LogP contribution in [0.25, 0.3) is 0 Å². The normalized spacial score (nSPS) is 39.6. The number of hydrogen-bond donors (Lipinski definition) is 2. The summed E-state index contributed by atoms with van der Waals surface area (Å²) in [5, 5.41) is 3.47. The number of halogens is 1. The van der Waals surface area contributed by atoms with Crippen molar-refractivity contribution in [3.63, 3.8) is 0 Å². The van der Waals surface area contributed by atoms with Gasteiger partial charge < -0.3 is 11.1 Å². The van der Waals surface area contributed by atoms with Crippen LogP contribution in [0.4, 0.5) is 4.39 Å². The Morgan fingerprint density at radius 1 is 1.11 bits per heavy atom. The van der Waals surface area contributed by atoms with Crippen LogP contribution in [0.15, 0.2) is 30.3 Å². The zero-order valence-corrected chi connectivity index (χ0v) is 10.6. The number of nitrogens with two attached hydrogens (primary N) is 1. The first-order valence-corrected chi connectivity index (χ1v) is 6.94. The zero-order chi connectivity index (χ0) is 12.6. The van der Waals surface area contributed by atoms with Gasteiger partial charge in [0.2, 0.25) is 0 Å². The minimum Gasteiger partial charge on any atom is -0.328 e. The summed E-state index contributed by atoms with van der Waals surface area (Å²) in [6.45, 7) is 0. The van der Waals surface area contributed by atoms with Gasteiger partial charge in [-0.25, -0.2) is 4.39 Å². The summed E-state index contributed by atoms with van der Waals surface area (Å²) in [4.78, 5) is 0. The molecule has 0 radical (unpaired) electrons. The minimum absolute atomic E-state index is 0.000718. The largest absolute Gasteiger partial charge is 0.328 e. The van der Waals surface area contributed by atoms with E-state index in [-0.39, 0.29) is 6.04 Å². The van der Waals surface area contributed by atoms with E-state index in [2.05, 4.69) is 5.32 Å². The molecule has 0 aliphatic heterocycles. The quantitative estimate of drug-likeness (QED) is 0.862. The molecule has 0 saturated heterocycles. The maximum atomic E-state index is 14.6. The van der Waals surface area contributed by atoms with E-state index in [1.807, 2.05) is 30.3 Å². The molecule has 2 atom stereocenters. The Hall–Kier alpha value is -0.930. The van der Waals surface area contributed by atoms with Gasteiger partial charge in [0.05, 0.1) is 0 Å². The predicted octanol–water partition coefficient (Wildman–Crippen LogP) is 2.48. The summed E-state index contributed by atoms with van der Waals surface area (Å²) in [6, 6.07) is 10.3. The third kappa shape index (κ3) is 2.29. The molecule has 2 fully saturated rings. The molecule has 2 aliphatic rings. The number of alkyl halides is 1. The van der Waals surface area contributed by atoms with Gasteiger partial charge in [-0.15, -0.1) is 0 Å². The number of benzene rings is 1. The highest BCUT2D eigenvalue weighted by Crippen LogP contribution is 2.50. The lowest BCUT2D eigenvalue weighted by atomic mass is 9.91. The molecule has 2 saturated carbocycles. The summed E-state index contributed by atoms with van der Waals surface area (Å²) in [5.74, 6) is 0. The molecule has 0 bridgehead atoms. The minimum atomic E-state index is -1.14. The van der Waals surface area contributed by atoms with Crippen LogP contribution in [0.3, 0.4) is 0 Å². The summed E-state index contributed by atoms with van der Waals surface area (Å²) in [7, 11) is 0. The molecule has 98 valence electrons. The van der Waals surface area contributed by atoms with E-state index in [9.17, 15) is 4.39 Å². The van der Waals surface area contributed by atoms with E-state index in [1.54, 1.807) is 0 Å². The number of rotatable bonds is 3. The van der Waals surface area contributed by atoms with E-state index in [0.717, 1.165) is 31.2 Å². The van der Waals surface area contributed by atoms with Gasteiger partial charge in [0.15, 0.2) is 5.67 Å². The Morgan fingerprint density at radius 3 is 2.44 bits per heavy atom. The van der Waals surface area contributed by atoms with Gasteiger partial charge in [-0.05, 0) is 31.2 Å². The predicted molar refractivity (Wildman–Crippen MR) is 71.0 cm³/mol. The molecule has 0 unspecified atom stereocenters. The van der Waals surface area contributed by atoms with Gasteiger partial charge in [0.25, 0.3) is 0 Å². The molecule has 0 heterocycles. The van der Waals surface area contributed by atoms with Gasteiger partial charge in [-0.3, -0.25) is 0 Å². The molecular formula is C15H21FN2. The van der Waals surface area contributed by atoms with Crippen molar-refractivity contribution in [1.82, 2.24) is 5.32 Å². The Kier molecular flexibility index (Phi) is 3.12. The first-order valence-electron chi connectivity index (χ1n) is 6.94. The first kappa shape index (κ1) is 12.1. The molecule has 1 aromatic carbocycles. The van der Waals surface area contributed by atoms with Crippen molar-refractivity contribution < 1.29 is 4.39 Å². The van der Waals surface area contributed by atoms with Crippen molar-refractivity contribution >= 4 is 0 Å². The summed E-state index contributed by atoms with van der Waals surface area (Å²) < 4.78 is 14.6. The highest BCUT2D eigenvalue weighted by Gasteiger charge is 2.57. The summed E-state index contributed by atoms with van der Waals surface area (Å²) >= 11 is 0. The van der Waals surface area contributed by atoms with Gasteiger partial charge in [-0.1, -0.05) is 30.3 Å². The van der Waals surface area contributed by atoms with E-state index < -0.39 is 5.67 Å². The van der Waals surface area contributed by atoms with Crippen LogP contribution in [-0.2, 0) is 5.67 Å². The second kappa shape index (κ2) is 4.63. The average molecular weight is 248 g/mol. The van der Waals surface area contributed by atoms with Crippen LogP contribution in [0.1, 0.15) is 37.7 Å². The molecule has 18 heavy (non-hydrogen) atoms. The van der Waals surface area contributed by atoms with E-state index >= 15 is 0 Å². The van der Waals surface area contributed by atoms with Crippen LogP contribution in [0.2, 0.25) is 0 Å². The molecular weight excluding hydrogens is 227 g/mol. The molecule has 3 rings (SSSR count). The first-order chi connectivity index (χ1) is 8.68. The fourth-order valence-electron chi connectivity index (χ4n) is 3.03. The topological polar surface area (TPSA) is 38.0 Å². The molecule has 3 N–H and O–H groups in total. The van der Waals surface area contributed by atoms with Gasteiger partial charge >= 0.3 is 0 Å². The molecule has 3 heteroatoms. The molecule has 2 aliphatic carbocycles. The van der Waals surface area contributed by atoms with Crippen molar-refractivity contribution in [3.05, 3.63) is 35.9 Å². The van der Waals surface area contributed by atoms with Crippen LogP contribution >= 0.6 is 0 Å². The van der Waals surface area contributed by atoms with Gasteiger partial charge in [-0.2, -0.15) is 0 Å². The smallest absolute Gasteiger partial charge is 0.152 e. The van der Waals surface area contributed by atoms with Gasteiger partial charge in [0, 0.05) is 24.5 Å². The Labute approximate surface area is 108 Å². The Balaban J connectivity index is 1.58. The lowest BCUT2D eigenvalue weighted by molar-refractivity contribution is 0.267. The van der Waals surface area contributed by atoms with Crippen molar-refractivity contribution in [2.75, 3.05) is 0 Å². The summed E-state index contributed by atoms with van der Waals surface area (Å²) in [6.07, 6.45) is 4.91. The number of hydrogen-bond acceptors (Lipinski definition) is 2. The molecule has 1 aromatic rings. The van der Waals surface area contributed by atoms with Crippen LogP contribution in [-0.4, -0.2) is 18.1 Å². The van der Waals surface area contributed by atoms with Crippen LogP contribution in [0, 0.1) is 0 Å². The van der Waals surface area contributed by atoms with Crippen molar-refractivity contribution in [1.29, 1.82) is 0 Å². The molecule has 0 spiro atoms. The second-order valence-corrected chi connectivity index (χ2v) is 5.76. The van der Waals surface area contributed by atoms with Crippen molar-refractivity contribution in [2.24, 2.45) is 5.73 Å². The maximum absolute atomic E-state index is 14.6. The second-order valence-electron chi connectivity index (χ2n) is 5.76. The Morgan fingerprint density at radius 2 is 1.78 bits per heavy atom. The highest BCUT2D eigenvalue weighted by molar-refractivity contribution is 5.32. The fourth-order valence-corrected chi connectivity index (χ4v) is 3.03. The molecule has 0 aromatic heterocycles. The maximum Gasteiger partial charge on any atom is 0.152 e. The van der Waals surface area contributed by atoms with E-state index in [4.69, 9.17) is 5.73 Å². The zero-order valence-electron chi connectivity index (χ0n) is 10.6. The standard InChI is InChI=1S/C15H21FN2/c16-15(11-4-2-1-3-5-11)10-14(15)18-13-8-6-12(17)7-9-13/h1-5,12-14,18H,6-10,17H2/t12?,13?,14-,15+/m1/s1. The lowest BCUT2D eigenvalue weighted by Crippen LogP contribution is -2.40. The monoisotopic (exact) mass is 248 g/mol. The molecule has 0 amide bonds. The van der Waals surface area contributed by atoms with Gasteiger partial charge in [0.1, 0.15) is 0 Å². The third-order valence-electron chi connectivity index (χ3n) is 4.36. The lowest BCUT2D eigenvalue weighted by Gasteiger charge is -2.27. The van der Waals surface area contributed by atoms with Crippen molar-refractivity contribution in [2.45, 2.75) is 55.9 Å². The fraction of sp³-hybridized carbons (Fsp3) is 0.600. The number of nitrogens with one attached hydrogen (secondary N) is 1. The Bertz CT molecular complexity index is 400. The van der Waals surface area contributed by atoms with E-state index in [1.165, 1.54) is 0 Å². The third-order valence-corrected chi connectivity index (χ3v) is 4.36. The highest BCUT2D eigenvalue weighted by atomic mass is 19.1. The van der Waals surface area contributed by atoms with Crippen LogP contribution < -0.4 is 11.1 Å². The van der Waals surface area contributed by atoms with Crippen molar-refractivity contribution in [3.8, 4) is 0 Å². The summed E-state index contributed by atoms with van der Waals surface area (Å²) in [5.41, 5.74) is 5.56. The average Bonchev–Trinajstić information content (AvgIpc) is 3.05. The molecule has 2 nitrogen and oxygen atoms in total. The van der Waals surface area contributed by atoms with Crippen LogP contribution in [0.5, 0.6) is 0 Å². The SMILES string of the molecule is NC1CCC(N[C@@H]2C[C@]2(F)c2ccccc2)CC1.